The van der Waals surface area contributed by atoms with Crippen LogP contribution in [0.1, 0.15) is 12.5 Å². The highest BCUT2D eigenvalue weighted by Gasteiger charge is 2.16. The predicted octanol–water partition coefficient (Wildman–Crippen LogP) is 1.24. The van der Waals surface area contributed by atoms with E-state index in [2.05, 4.69) is 10.1 Å². The minimum absolute atomic E-state index is 0.0178. The normalized spacial score (nSPS) is 11.7. The maximum Gasteiger partial charge on any atom is 0.336 e. The third-order valence-electron chi connectivity index (χ3n) is 2.45. The highest BCUT2D eigenvalue weighted by Crippen LogP contribution is 2.21. The van der Waals surface area contributed by atoms with Crippen LogP contribution in [0.2, 0.25) is 0 Å². The SMILES string of the molecule is CCOC(=O)[C@@H](O)CNc1ccc([N+](=O)[O-])c(C)c1. The van der Waals surface area contributed by atoms with Crippen molar-refractivity contribution in [3.05, 3.63) is 33.9 Å². The second-order valence-corrected chi connectivity index (χ2v) is 3.91. The van der Waals surface area contributed by atoms with E-state index in [4.69, 9.17) is 0 Å². The van der Waals surface area contributed by atoms with Crippen molar-refractivity contribution in [2.24, 2.45) is 0 Å². The van der Waals surface area contributed by atoms with Gasteiger partial charge in [-0.25, -0.2) is 4.79 Å². The number of benzene rings is 1. The first-order chi connectivity index (χ1) is 8.95. The predicted molar refractivity (Wildman–Crippen MR) is 69.0 cm³/mol. The molecule has 1 atom stereocenters. The number of hydrogen-bond donors (Lipinski definition) is 2. The zero-order valence-corrected chi connectivity index (χ0v) is 10.8. The Morgan fingerprint density at radius 2 is 2.26 bits per heavy atom. The van der Waals surface area contributed by atoms with E-state index in [0.29, 0.717) is 11.3 Å². The Morgan fingerprint density at radius 3 is 2.79 bits per heavy atom. The van der Waals surface area contributed by atoms with Gasteiger partial charge in [-0.2, -0.15) is 0 Å². The molecule has 0 spiro atoms. The third-order valence-corrected chi connectivity index (χ3v) is 2.45. The molecule has 0 aliphatic carbocycles. The molecule has 1 rings (SSSR count). The van der Waals surface area contributed by atoms with Gasteiger partial charge in [0, 0.05) is 17.3 Å². The Balaban J connectivity index is 2.61. The average molecular weight is 268 g/mol. The molecule has 0 bridgehead atoms. The first-order valence-corrected chi connectivity index (χ1v) is 5.79. The van der Waals surface area contributed by atoms with Gasteiger partial charge in [-0.1, -0.05) is 0 Å². The molecule has 0 aliphatic heterocycles. The molecule has 19 heavy (non-hydrogen) atoms. The van der Waals surface area contributed by atoms with Crippen LogP contribution < -0.4 is 5.32 Å². The van der Waals surface area contributed by atoms with Gasteiger partial charge in [-0.05, 0) is 26.0 Å². The average Bonchev–Trinajstić information content (AvgIpc) is 2.35. The summed E-state index contributed by atoms with van der Waals surface area (Å²) in [7, 11) is 0. The van der Waals surface area contributed by atoms with Crippen LogP contribution in [0.25, 0.3) is 0 Å². The molecule has 1 aromatic rings. The third kappa shape index (κ3) is 4.22. The Labute approximate surface area is 110 Å². The number of rotatable bonds is 6. The van der Waals surface area contributed by atoms with Crippen LogP contribution >= 0.6 is 0 Å². The molecule has 0 fully saturated rings. The van der Waals surface area contributed by atoms with Gasteiger partial charge in [-0.15, -0.1) is 0 Å². The minimum atomic E-state index is -1.27. The van der Waals surface area contributed by atoms with Gasteiger partial charge in [0.25, 0.3) is 5.69 Å². The highest BCUT2D eigenvalue weighted by atomic mass is 16.6. The van der Waals surface area contributed by atoms with E-state index in [0.717, 1.165) is 0 Å². The van der Waals surface area contributed by atoms with Crippen molar-refractivity contribution >= 4 is 17.3 Å². The first-order valence-electron chi connectivity index (χ1n) is 5.79. The largest absolute Gasteiger partial charge is 0.464 e. The number of anilines is 1. The molecule has 1 aromatic carbocycles. The molecule has 7 nitrogen and oxygen atoms in total. The number of nitrogens with zero attached hydrogens (tertiary/aromatic N) is 1. The maximum absolute atomic E-state index is 11.2. The van der Waals surface area contributed by atoms with Gasteiger partial charge in [0.1, 0.15) is 0 Å². The summed E-state index contributed by atoms with van der Waals surface area (Å²) in [6.07, 6.45) is -1.27. The fourth-order valence-corrected chi connectivity index (χ4v) is 1.51. The number of esters is 1. The van der Waals surface area contributed by atoms with Gasteiger partial charge in [0.2, 0.25) is 0 Å². The van der Waals surface area contributed by atoms with Crippen LogP contribution in [0.5, 0.6) is 0 Å². The van der Waals surface area contributed by atoms with Crippen LogP contribution in [-0.2, 0) is 9.53 Å². The topological polar surface area (TPSA) is 102 Å². The van der Waals surface area contributed by atoms with Gasteiger partial charge < -0.3 is 15.2 Å². The molecule has 0 saturated carbocycles. The summed E-state index contributed by atoms with van der Waals surface area (Å²) >= 11 is 0. The van der Waals surface area contributed by atoms with E-state index >= 15 is 0 Å². The van der Waals surface area contributed by atoms with Crippen molar-refractivity contribution in [3.8, 4) is 0 Å². The van der Waals surface area contributed by atoms with E-state index in [9.17, 15) is 20.0 Å². The fraction of sp³-hybridized carbons (Fsp3) is 0.417. The standard InChI is InChI=1S/C12H16N2O5/c1-3-19-12(16)11(15)7-13-9-4-5-10(14(17)18)8(2)6-9/h4-6,11,13,15H,3,7H2,1-2H3/t11-/m0/s1. The molecule has 0 radical (unpaired) electrons. The Kier molecular flexibility index (Phi) is 5.25. The van der Waals surface area contributed by atoms with Crippen molar-refractivity contribution in [2.75, 3.05) is 18.5 Å². The number of aliphatic hydroxyl groups excluding tert-OH is 1. The van der Waals surface area contributed by atoms with Crippen LogP contribution in [0, 0.1) is 17.0 Å². The minimum Gasteiger partial charge on any atom is -0.464 e. The number of ether oxygens (including phenoxy) is 1. The van der Waals surface area contributed by atoms with E-state index in [1.54, 1.807) is 19.9 Å². The first kappa shape index (κ1) is 14.9. The number of nitrogens with one attached hydrogen (secondary N) is 1. The number of aliphatic hydroxyl groups is 1. The van der Waals surface area contributed by atoms with Crippen LogP contribution in [0.3, 0.4) is 0 Å². The zero-order chi connectivity index (χ0) is 14.4. The van der Waals surface area contributed by atoms with Crippen LogP contribution in [0.15, 0.2) is 18.2 Å². The van der Waals surface area contributed by atoms with E-state index in [1.807, 2.05) is 0 Å². The van der Waals surface area contributed by atoms with Gasteiger partial charge >= 0.3 is 5.97 Å². The smallest absolute Gasteiger partial charge is 0.336 e. The van der Waals surface area contributed by atoms with Crippen LogP contribution in [-0.4, -0.2) is 35.3 Å². The second-order valence-electron chi connectivity index (χ2n) is 3.91. The van der Waals surface area contributed by atoms with Crippen molar-refractivity contribution < 1.29 is 19.6 Å². The van der Waals surface area contributed by atoms with Crippen molar-refractivity contribution in [3.63, 3.8) is 0 Å². The number of nitro groups is 1. The van der Waals surface area contributed by atoms with Gasteiger partial charge in [0.15, 0.2) is 6.10 Å². The molecule has 0 aliphatic rings. The lowest BCUT2D eigenvalue weighted by Crippen LogP contribution is -2.30. The molecule has 2 N–H and O–H groups in total. The number of hydrogen-bond acceptors (Lipinski definition) is 6. The molecule has 0 unspecified atom stereocenters. The second kappa shape index (κ2) is 6.69. The van der Waals surface area contributed by atoms with E-state index < -0.39 is 17.0 Å². The van der Waals surface area contributed by atoms with E-state index in [1.165, 1.54) is 12.1 Å². The monoisotopic (exact) mass is 268 g/mol. The van der Waals surface area contributed by atoms with Crippen LogP contribution in [0.4, 0.5) is 11.4 Å². The zero-order valence-electron chi connectivity index (χ0n) is 10.8. The van der Waals surface area contributed by atoms with Crippen molar-refractivity contribution in [1.29, 1.82) is 0 Å². The van der Waals surface area contributed by atoms with Gasteiger partial charge in [0.05, 0.1) is 18.1 Å². The maximum atomic E-state index is 11.2. The lowest BCUT2D eigenvalue weighted by atomic mass is 10.2. The molecule has 104 valence electrons. The Hall–Kier alpha value is -2.15. The lowest BCUT2D eigenvalue weighted by Gasteiger charge is -2.12. The lowest BCUT2D eigenvalue weighted by molar-refractivity contribution is -0.385. The summed E-state index contributed by atoms with van der Waals surface area (Å²) in [5.74, 6) is -0.700. The van der Waals surface area contributed by atoms with Gasteiger partial charge in [-0.3, -0.25) is 10.1 Å². The number of carbonyl (C=O) groups excluding carboxylic acids is 1. The Bertz CT molecular complexity index is 475. The fourth-order valence-electron chi connectivity index (χ4n) is 1.51. The number of carbonyl (C=O) groups is 1. The molecule has 0 heterocycles. The number of aryl methyl sites for hydroxylation is 1. The molecule has 7 heteroatoms. The van der Waals surface area contributed by atoms with E-state index in [-0.39, 0.29) is 18.8 Å². The highest BCUT2D eigenvalue weighted by molar-refractivity contribution is 5.75. The summed E-state index contributed by atoms with van der Waals surface area (Å²) < 4.78 is 4.65. The summed E-state index contributed by atoms with van der Waals surface area (Å²) in [5.41, 5.74) is 1.11. The Morgan fingerprint density at radius 1 is 1.58 bits per heavy atom. The molecule has 0 aromatic heterocycles. The summed E-state index contributed by atoms with van der Waals surface area (Å²) in [5, 5.41) is 22.9. The molecule has 0 saturated heterocycles. The number of nitro benzene ring substituents is 1. The molecule has 0 amide bonds. The summed E-state index contributed by atoms with van der Waals surface area (Å²) in [4.78, 5) is 21.4. The summed E-state index contributed by atoms with van der Waals surface area (Å²) in [6, 6.07) is 4.47. The summed E-state index contributed by atoms with van der Waals surface area (Å²) in [6.45, 7) is 3.45. The van der Waals surface area contributed by atoms with Crippen molar-refractivity contribution in [1.82, 2.24) is 0 Å². The quantitative estimate of drug-likeness (QED) is 0.457. The van der Waals surface area contributed by atoms with Crippen molar-refractivity contribution in [2.45, 2.75) is 20.0 Å². The molecular formula is C12H16N2O5. The molecular weight excluding hydrogens is 252 g/mol.